The monoisotopic (exact) mass is 572 g/mol. The van der Waals surface area contributed by atoms with E-state index in [2.05, 4.69) is 67.6 Å². The molecular formula is C39H40O4. The van der Waals surface area contributed by atoms with E-state index in [1.165, 1.54) is 0 Å². The molecular weight excluding hydrogens is 532 g/mol. The van der Waals surface area contributed by atoms with Crippen molar-refractivity contribution in [3.05, 3.63) is 107 Å². The summed E-state index contributed by atoms with van der Waals surface area (Å²) in [4.78, 5) is 26.6. The number of hydrogen-bond acceptors (Lipinski definition) is 4. The van der Waals surface area contributed by atoms with Crippen LogP contribution in [-0.2, 0) is 30.3 Å². The standard InChI is InChI=1S/C39H40O4/c1-9-39(43-35(41)37(5,6)7)31-17-13-11-15-27(31)29-21-19-25(23-33(29)39)24-18-20-28-26-14-10-12-16-30(26)38(8,32(28)22-24)42-34(40)36(2,3)4/h10-23H,9H2,1-8H3. The Morgan fingerprint density at radius 3 is 1.58 bits per heavy atom. The number of carbonyl (C=O) groups excluding carboxylic acids is 2. The van der Waals surface area contributed by atoms with E-state index < -0.39 is 22.0 Å². The van der Waals surface area contributed by atoms with Crippen molar-refractivity contribution in [2.75, 3.05) is 0 Å². The molecule has 6 rings (SSSR count). The summed E-state index contributed by atoms with van der Waals surface area (Å²) in [6, 6.07) is 29.3. The van der Waals surface area contributed by atoms with Crippen LogP contribution in [0.1, 0.15) is 84.1 Å². The average Bonchev–Trinajstić information content (AvgIpc) is 3.38. The van der Waals surface area contributed by atoms with E-state index in [4.69, 9.17) is 9.47 Å². The Labute approximate surface area is 255 Å². The van der Waals surface area contributed by atoms with Crippen molar-refractivity contribution in [2.45, 2.75) is 73.0 Å². The molecule has 0 saturated carbocycles. The SMILES string of the molecule is CCC1(OC(=O)C(C)(C)C)c2ccccc2-c2ccc(-c3ccc4c(c3)C(C)(OC(=O)C(C)(C)C)c3ccccc3-4)cc21. The molecule has 4 aromatic rings. The van der Waals surface area contributed by atoms with Crippen molar-refractivity contribution in [1.82, 2.24) is 0 Å². The summed E-state index contributed by atoms with van der Waals surface area (Å²) in [7, 11) is 0. The van der Waals surface area contributed by atoms with E-state index in [0.717, 1.165) is 55.6 Å². The molecule has 0 aliphatic heterocycles. The molecule has 2 unspecified atom stereocenters. The first kappa shape index (κ1) is 28.9. The lowest BCUT2D eigenvalue weighted by molar-refractivity contribution is -0.167. The van der Waals surface area contributed by atoms with Gasteiger partial charge in [0.15, 0.2) is 11.2 Å². The zero-order chi connectivity index (χ0) is 30.9. The van der Waals surface area contributed by atoms with Gasteiger partial charge in [0.2, 0.25) is 0 Å². The fourth-order valence-corrected chi connectivity index (χ4v) is 6.46. The van der Waals surface area contributed by atoms with Gasteiger partial charge in [-0.25, -0.2) is 0 Å². The zero-order valence-corrected chi connectivity index (χ0v) is 26.4. The summed E-state index contributed by atoms with van der Waals surface area (Å²) in [5, 5.41) is 0. The molecule has 43 heavy (non-hydrogen) atoms. The van der Waals surface area contributed by atoms with E-state index >= 15 is 0 Å². The Morgan fingerprint density at radius 2 is 1.02 bits per heavy atom. The summed E-state index contributed by atoms with van der Waals surface area (Å²) in [5.74, 6) is -0.471. The van der Waals surface area contributed by atoms with Gasteiger partial charge in [-0.2, -0.15) is 0 Å². The molecule has 2 aliphatic rings. The third-order valence-electron chi connectivity index (χ3n) is 8.99. The van der Waals surface area contributed by atoms with E-state index in [1.807, 2.05) is 72.7 Å². The van der Waals surface area contributed by atoms with E-state index in [-0.39, 0.29) is 11.9 Å². The molecule has 4 aromatic carbocycles. The van der Waals surface area contributed by atoms with Gasteiger partial charge >= 0.3 is 11.9 Å². The molecule has 4 heteroatoms. The zero-order valence-electron chi connectivity index (χ0n) is 26.4. The highest BCUT2D eigenvalue weighted by atomic mass is 16.6. The van der Waals surface area contributed by atoms with E-state index in [0.29, 0.717) is 6.42 Å². The van der Waals surface area contributed by atoms with Crippen LogP contribution in [0.5, 0.6) is 0 Å². The van der Waals surface area contributed by atoms with Crippen molar-refractivity contribution in [3.8, 4) is 33.4 Å². The summed E-state index contributed by atoms with van der Waals surface area (Å²) >= 11 is 0. The molecule has 0 aromatic heterocycles. The summed E-state index contributed by atoms with van der Waals surface area (Å²) in [6.07, 6.45) is 0.614. The minimum Gasteiger partial charge on any atom is -0.449 e. The van der Waals surface area contributed by atoms with Gasteiger partial charge in [-0.05, 0) is 100 Å². The van der Waals surface area contributed by atoms with Gasteiger partial charge in [0.05, 0.1) is 10.8 Å². The topological polar surface area (TPSA) is 52.6 Å². The van der Waals surface area contributed by atoms with Crippen LogP contribution in [0.2, 0.25) is 0 Å². The third-order valence-corrected chi connectivity index (χ3v) is 8.99. The Bertz CT molecular complexity index is 1780. The van der Waals surface area contributed by atoms with Gasteiger partial charge in [-0.15, -0.1) is 0 Å². The fraction of sp³-hybridized carbons (Fsp3) is 0.333. The highest BCUT2D eigenvalue weighted by Gasteiger charge is 2.47. The molecule has 0 fully saturated rings. The quantitative estimate of drug-likeness (QED) is 0.229. The number of benzene rings is 4. The normalized spacial score (nSPS) is 20.1. The smallest absolute Gasteiger partial charge is 0.312 e. The predicted octanol–water partition coefficient (Wildman–Crippen LogP) is 9.41. The first-order chi connectivity index (χ1) is 20.2. The minimum absolute atomic E-state index is 0.228. The first-order valence-corrected chi connectivity index (χ1v) is 15.2. The van der Waals surface area contributed by atoms with Gasteiger partial charge in [-0.3, -0.25) is 9.59 Å². The van der Waals surface area contributed by atoms with E-state index in [1.54, 1.807) is 0 Å². The van der Waals surface area contributed by atoms with Crippen LogP contribution in [0.3, 0.4) is 0 Å². The molecule has 2 atom stereocenters. The second kappa shape index (κ2) is 9.67. The fourth-order valence-electron chi connectivity index (χ4n) is 6.46. The maximum absolute atomic E-state index is 13.4. The highest BCUT2D eigenvalue weighted by molar-refractivity contribution is 5.88. The third kappa shape index (κ3) is 4.42. The lowest BCUT2D eigenvalue weighted by atomic mass is 9.85. The van der Waals surface area contributed by atoms with Crippen LogP contribution >= 0.6 is 0 Å². The molecule has 0 N–H and O–H groups in total. The van der Waals surface area contributed by atoms with Crippen LogP contribution in [-0.4, -0.2) is 11.9 Å². The molecule has 0 saturated heterocycles. The van der Waals surface area contributed by atoms with Crippen LogP contribution in [0.15, 0.2) is 84.9 Å². The summed E-state index contributed by atoms with van der Waals surface area (Å²) in [6.45, 7) is 15.4. The van der Waals surface area contributed by atoms with Crippen molar-refractivity contribution in [1.29, 1.82) is 0 Å². The summed E-state index contributed by atoms with van der Waals surface area (Å²) < 4.78 is 12.8. The van der Waals surface area contributed by atoms with Gasteiger partial charge in [0, 0.05) is 22.3 Å². The maximum atomic E-state index is 13.4. The van der Waals surface area contributed by atoms with Crippen molar-refractivity contribution < 1.29 is 19.1 Å². The number of hydrogen-bond donors (Lipinski definition) is 0. The minimum atomic E-state index is -0.922. The first-order valence-electron chi connectivity index (χ1n) is 15.2. The number of esters is 2. The molecule has 0 radical (unpaired) electrons. The molecule has 220 valence electrons. The Kier molecular flexibility index (Phi) is 6.50. The molecule has 0 bridgehead atoms. The molecule has 2 aliphatic carbocycles. The molecule has 4 nitrogen and oxygen atoms in total. The average molecular weight is 573 g/mol. The Balaban J connectivity index is 1.50. The van der Waals surface area contributed by atoms with Gasteiger partial charge < -0.3 is 9.47 Å². The van der Waals surface area contributed by atoms with Gasteiger partial charge in [0.25, 0.3) is 0 Å². The van der Waals surface area contributed by atoms with Gasteiger partial charge in [0.1, 0.15) is 0 Å². The molecule has 0 amide bonds. The second-order valence-corrected chi connectivity index (χ2v) is 14.1. The Hall–Kier alpha value is -4.18. The lowest BCUT2D eigenvalue weighted by Gasteiger charge is -2.34. The van der Waals surface area contributed by atoms with Crippen LogP contribution < -0.4 is 0 Å². The Morgan fingerprint density at radius 1 is 0.581 bits per heavy atom. The lowest BCUT2D eigenvalue weighted by Crippen LogP contribution is -2.36. The number of ether oxygens (including phenoxy) is 2. The van der Waals surface area contributed by atoms with Crippen LogP contribution in [0.25, 0.3) is 33.4 Å². The molecule has 0 heterocycles. The highest BCUT2D eigenvalue weighted by Crippen LogP contribution is 2.54. The number of carbonyl (C=O) groups is 2. The second-order valence-electron chi connectivity index (χ2n) is 14.1. The van der Waals surface area contributed by atoms with Crippen molar-refractivity contribution in [3.63, 3.8) is 0 Å². The molecule has 0 spiro atoms. The van der Waals surface area contributed by atoms with Crippen LogP contribution in [0, 0.1) is 10.8 Å². The number of rotatable bonds is 4. The predicted molar refractivity (Wildman–Crippen MR) is 171 cm³/mol. The van der Waals surface area contributed by atoms with Crippen molar-refractivity contribution >= 4 is 11.9 Å². The largest absolute Gasteiger partial charge is 0.449 e. The number of fused-ring (bicyclic) bond motifs is 6. The van der Waals surface area contributed by atoms with Crippen molar-refractivity contribution in [2.24, 2.45) is 10.8 Å². The van der Waals surface area contributed by atoms with E-state index in [9.17, 15) is 9.59 Å². The van der Waals surface area contributed by atoms with Crippen LogP contribution in [0.4, 0.5) is 0 Å². The van der Waals surface area contributed by atoms with Gasteiger partial charge in [-0.1, -0.05) is 79.7 Å². The maximum Gasteiger partial charge on any atom is 0.312 e. The summed E-state index contributed by atoms with van der Waals surface area (Å²) in [5.41, 5.74) is 7.25.